The third-order valence-electron chi connectivity index (χ3n) is 4.83. The van der Waals surface area contributed by atoms with Gasteiger partial charge in [-0.1, -0.05) is 23.7 Å². The van der Waals surface area contributed by atoms with E-state index >= 15 is 0 Å². The van der Waals surface area contributed by atoms with E-state index in [0.29, 0.717) is 41.4 Å². The van der Waals surface area contributed by atoms with Crippen LogP contribution in [0.15, 0.2) is 47.4 Å². The summed E-state index contributed by atoms with van der Waals surface area (Å²) in [6.07, 6.45) is 1.17. The van der Waals surface area contributed by atoms with Gasteiger partial charge in [0.15, 0.2) is 0 Å². The summed E-state index contributed by atoms with van der Waals surface area (Å²) in [6, 6.07) is 12.0. The zero-order chi connectivity index (χ0) is 19.6. The molecule has 1 aliphatic heterocycles. The number of sulfonamides is 1. The van der Waals surface area contributed by atoms with Crippen molar-refractivity contribution in [3.8, 4) is 0 Å². The second-order valence-electron chi connectivity index (χ2n) is 6.96. The van der Waals surface area contributed by atoms with Crippen molar-refractivity contribution in [3.05, 3.63) is 64.2 Å². The number of benzene rings is 2. The Labute approximate surface area is 165 Å². The molecule has 1 amide bonds. The Bertz CT molecular complexity index is 934. The normalized spacial score (nSPS) is 15.7. The maximum atomic E-state index is 12.7. The van der Waals surface area contributed by atoms with E-state index in [-0.39, 0.29) is 11.9 Å². The molecule has 5 nitrogen and oxygen atoms in total. The first-order valence-corrected chi connectivity index (χ1v) is 10.8. The van der Waals surface area contributed by atoms with E-state index in [0.717, 1.165) is 11.1 Å². The number of nitrogens with zero attached hydrogens (tertiary/aromatic N) is 1. The van der Waals surface area contributed by atoms with Gasteiger partial charge in [0, 0.05) is 29.7 Å². The number of hydrogen-bond acceptors (Lipinski definition) is 3. The van der Waals surface area contributed by atoms with E-state index in [2.05, 4.69) is 4.72 Å². The minimum absolute atomic E-state index is 0.0532. The van der Waals surface area contributed by atoms with Gasteiger partial charge >= 0.3 is 0 Å². The highest BCUT2D eigenvalue weighted by Gasteiger charge is 2.27. The highest BCUT2D eigenvalue weighted by atomic mass is 35.5. The zero-order valence-electron chi connectivity index (χ0n) is 15.4. The molecule has 144 valence electrons. The summed E-state index contributed by atoms with van der Waals surface area (Å²) in [5.41, 5.74) is 2.22. The lowest BCUT2D eigenvalue weighted by Gasteiger charge is -2.32. The molecule has 7 heteroatoms. The summed E-state index contributed by atoms with van der Waals surface area (Å²) < 4.78 is 28.3. The maximum absolute atomic E-state index is 12.7. The lowest BCUT2D eigenvalue weighted by atomic mass is 10.0. The summed E-state index contributed by atoms with van der Waals surface area (Å²) in [5, 5.41) is 0.589. The predicted octanol–water partition coefficient (Wildman–Crippen LogP) is 3.54. The number of rotatable bonds is 4. The van der Waals surface area contributed by atoms with Crippen molar-refractivity contribution in [1.29, 1.82) is 0 Å². The molecule has 3 rings (SSSR count). The lowest BCUT2D eigenvalue weighted by molar-refractivity contribution is 0.0711. The second kappa shape index (κ2) is 8.00. The average molecular weight is 407 g/mol. The van der Waals surface area contributed by atoms with Gasteiger partial charge in [0.1, 0.15) is 0 Å². The Hall–Kier alpha value is -1.89. The number of aryl methyl sites for hydroxylation is 2. The Morgan fingerprint density at radius 1 is 1.07 bits per heavy atom. The van der Waals surface area contributed by atoms with Crippen LogP contribution in [0.5, 0.6) is 0 Å². The van der Waals surface area contributed by atoms with Gasteiger partial charge < -0.3 is 4.90 Å². The Kier molecular flexibility index (Phi) is 5.89. The fraction of sp³-hybridized carbons (Fsp3) is 0.350. The average Bonchev–Trinajstić information content (AvgIpc) is 2.64. The first kappa shape index (κ1) is 19.9. The van der Waals surface area contributed by atoms with Gasteiger partial charge in [0.05, 0.1) is 4.90 Å². The SMILES string of the molecule is Cc1ccc(C)c(S(=O)(=O)NC2CCN(C(=O)c3ccc(Cl)cc3)CC2)c1. The van der Waals surface area contributed by atoms with Gasteiger partial charge in [0.2, 0.25) is 10.0 Å². The molecule has 0 bridgehead atoms. The van der Waals surface area contributed by atoms with Crippen LogP contribution >= 0.6 is 11.6 Å². The number of hydrogen-bond donors (Lipinski definition) is 1. The molecule has 0 aromatic heterocycles. The molecule has 1 fully saturated rings. The van der Waals surface area contributed by atoms with Crippen molar-refractivity contribution in [2.45, 2.75) is 37.6 Å². The maximum Gasteiger partial charge on any atom is 0.253 e. The van der Waals surface area contributed by atoms with Crippen LogP contribution in [-0.4, -0.2) is 38.4 Å². The quantitative estimate of drug-likeness (QED) is 0.844. The number of carbonyl (C=O) groups excluding carboxylic acids is 1. The minimum atomic E-state index is -3.58. The van der Waals surface area contributed by atoms with E-state index in [4.69, 9.17) is 11.6 Å². The third kappa shape index (κ3) is 4.69. The van der Waals surface area contributed by atoms with Crippen LogP contribution in [0.4, 0.5) is 0 Å². The van der Waals surface area contributed by atoms with Gasteiger partial charge in [-0.2, -0.15) is 0 Å². The number of nitrogens with one attached hydrogen (secondary N) is 1. The smallest absolute Gasteiger partial charge is 0.253 e. The van der Waals surface area contributed by atoms with E-state index in [1.807, 2.05) is 19.1 Å². The molecule has 0 unspecified atom stereocenters. The standard InChI is InChI=1S/C20H23ClN2O3S/c1-14-3-4-15(2)19(13-14)27(25,26)22-18-9-11-23(12-10-18)20(24)16-5-7-17(21)8-6-16/h3-8,13,18,22H,9-12H2,1-2H3. The molecule has 1 saturated heterocycles. The topological polar surface area (TPSA) is 66.5 Å². The number of carbonyl (C=O) groups is 1. The summed E-state index contributed by atoms with van der Waals surface area (Å²) >= 11 is 5.86. The molecule has 0 radical (unpaired) electrons. The first-order chi connectivity index (χ1) is 12.8. The van der Waals surface area contributed by atoms with E-state index in [1.165, 1.54) is 0 Å². The van der Waals surface area contributed by atoms with Gasteiger partial charge in [-0.25, -0.2) is 13.1 Å². The molecule has 0 spiro atoms. The molecular formula is C20H23ClN2O3S. The van der Waals surface area contributed by atoms with Crippen molar-refractivity contribution in [2.24, 2.45) is 0 Å². The van der Waals surface area contributed by atoms with Gasteiger partial charge in [-0.15, -0.1) is 0 Å². The van der Waals surface area contributed by atoms with Crippen molar-refractivity contribution < 1.29 is 13.2 Å². The molecule has 1 aliphatic rings. The highest BCUT2D eigenvalue weighted by Crippen LogP contribution is 2.20. The van der Waals surface area contributed by atoms with Crippen LogP contribution in [0, 0.1) is 13.8 Å². The predicted molar refractivity (Wildman–Crippen MR) is 107 cm³/mol. The largest absolute Gasteiger partial charge is 0.339 e. The summed E-state index contributed by atoms with van der Waals surface area (Å²) in [6.45, 7) is 4.70. The van der Waals surface area contributed by atoms with Crippen molar-refractivity contribution in [3.63, 3.8) is 0 Å². The fourth-order valence-corrected chi connectivity index (χ4v) is 5.02. The summed E-state index contributed by atoms with van der Waals surface area (Å²) in [7, 11) is -3.58. The minimum Gasteiger partial charge on any atom is -0.339 e. The van der Waals surface area contributed by atoms with Crippen molar-refractivity contribution >= 4 is 27.5 Å². The van der Waals surface area contributed by atoms with Crippen molar-refractivity contribution in [1.82, 2.24) is 9.62 Å². The van der Waals surface area contributed by atoms with Gasteiger partial charge in [0.25, 0.3) is 5.91 Å². The number of halogens is 1. The van der Waals surface area contributed by atoms with E-state index in [1.54, 1.807) is 42.2 Å². The Morgan fingerprint density at radius 2 is 1.70 bits per heavy atom. The Balaban J connectivity index is 1.63. The van der Waals surface area contributed by atoms with Crippen LogP contribution in [0.25, 0.3) is 0 Å². The number of piperidine rings is 1. The summed E-state index contributed by atoms with van der Waals surface area (Å²) in [4.78, 5) is 14.6. The number of likely N-dealkylation sites (tertiary alicyclic amines) is 1. The molecule has 2 aromatic rings. The third-order valence-corrected chi connectivity index (χ3v) is 6.74. The number of amides is 1. The molecule has 0 atom stereocenters. The molecule has 27 heavy (non-hydrogen) atoms. The monoisotopic (exact) mass is 406 g/mol. The second-order valence-corrected chi connectivity index (χ2v) is 9.08. The van der Waals surface area contributed by atoms with E-state index in [9.17, 15) is 13.2 Å². The van der Waals surface area contributed by atoms with E-state index < -0.39 is 10.0 Å². The zero-order valence-corrected chi connectivity index (χ0v) is 17.0. The molecular weight excluding hydrogens is 384 g/mol. The van der Waals surface area contributed by atoms with Crippen LogP contribution in [-0.2, 0) is 10.0 Å². The molecule has 0 saturated carbocycles. The van der Waals surface area contributed by atoms with Crippen LogP contribution in [0.3, 0.4) is 0 Å². The fourth-order valence-electron chi connectivity index (χ4n) is 3.26. The first-order valence-electron chi connectivity index (χ1n) is 8.91. The van der Waals surface area contributed by atoms with Crippen LogP contribution < -0.4 is 4.72 Å². The molecule has 2 aromatic carbocycles. The molecule has 1 N–H and O–H groups in total. The van der Waals surface area contributed by atoms with Gasteiger partial charge in [-0.05, 0) is 68.1 Å². The molecule has 1 heterocycles. The Morgan fingerprint density at radius 3 is 2.33 bits per heavy atom. The highest BCUT2D eigenvalue weighted by molar-refractivity contribution is 7.89. The lowest BCUT2D eigenvalue weighted by Crippen LogP contribution is -2.46. The van der Waals surface area contributed by atoms with Crippen molar-refractivity contribution in [2.75, 3.05) is 13.1 Å². The molecule has 0 aliphatic carbocycles. The summed E-state index contributed by atoms with van der Waals surface area (Å²) in [5.74, 6) is -0.0532. The van der Waals surface area contributed by atoms with Gasteiger partial charge in [-0.3, -0.25) is 4.79 Å². The van der Waals surface area contributed by atoms with Crippen LogP contribution in [0.2, 0.25) is 5.02 Å². The van der Waals surface area contributed by atoms with Crippen LogP contribution in [0.1, 0.15) is 34.3 Å².